The lowest BCUT2D eigenvalue weighted by atomic mass is 9.79. The average Bonchev–Trinajstić information content (AvgIpc) is 2.88. The van der Waals surface area contributed by atoms with Gasteiger partial charge in [-0.25, -0.2) is 9.59 Å². The van der Waals surface area contributed by atoms with Crippen molar-refractivity contribution in [1.29, 1.82) is 0 Å². The van der Waals surface area contributed by atoms with Crippen LogP contribution in [-0.2, 0) is 21.4 Å². The lowest BCUT2D eigenvalue weighted by molar-refractivity contribution is -0.159. The van der Waals surface area contributed by atoms with E-state index >= 15 is 0 Å². The van der Waals surface area contributed by atoms with Crippen molar-refractivity contribution in [3.63, 3.8) is 0 Å². The molecule has 1 unspecified atom stereocenters. The van der Waals surface area contributed by atoms with E-state index in [1.54, 1.807) is 6.92 Å². The molecule has 0 aliphatic heterocycles. The highest BCUT2D eigenvalue weighted by Gasteiger charge is 2.45. The standard InChI is InChI=1S/C19H14Cl2O6/c1-19(10-5-3-2-4-6-10)8-9-7-11(27-15(17(23)24)18(25)26)13(20)14(21)12(9)16(19)22/h2-7,15H,8H2,1H3,(H,23,24)(H,25,26). The van der Waals surface area contributed by atoms with E-state index in [9.17, 15) is 14.4 Å². The summed E-state index contributed by atoms with van der Waals surface area (Å²) in [6.07, 6.45) is -1.85. The molecule has 1 aliphatic rings. The number of carboxylic acids is 2. The molecule has 0 spiro atoms. The summed E-state index contributed by atoms with van der Waals surface area (Å²) in [6, 6.07) is 10.5. The average molecular weight is 409 g/mol. The highest BCUT2D eigenvalue weighted by molar-refractivity contribution is 6.45. The summed E-state index contributed by atoms with van der Waals surface area (Å²) in [6.45, 7) is 1.78. The first-order valence-electron chi connectivity index (χ1n) is 7.90. The van der Waals surface area contributed by atoms with Gasteiger partial charge in [0, 0.05) is 5.56 Å². The Bertz CT molecular complexity index is 942. The van der Waals surface area contributed by atoms with Gasteiger partial charge in [-0.15, -0.1) is 0 Å². The van der Waals surface area contributed by atoms with Crippen molar-refractivity contribution in [3.05, 3.63) is 63.1 Å². The van der Waals surface area contributed by atoms with E-state index in [0.717, 1.165) is 5.56 Å². The van der Waals surface area contributed by atoms with Gasteiger partial charge in [0.1, 0.15) is 10.8 Å². The van der Waals surface area contributed by atoms with E-state index in [-0.39, 0.29) is 27.1 Å². The van der Waals surface area contributed by atoms with Gasteiger partial charge in [0.2, 0.25) is 0 Å². The molecule has 140 valence electrons. The molecule has 0 aromatic heterocycles. The second-order valence-electron chi connectivity index (χ2n) is 6.42. The first kappa shape index (κ1) is 19.2. The molecular weight excluding hydrogens is 395 g/mol. The number of ketones is 1. The summed E-state index contributed by atoms with van der Waals surface area (Å²) >= 11 is 12.4. The van der Waals surface area contributed by atoms with Crippen LogP contribution >= 0.6 is 23.2 Å². The van der Waals surface area contributed by atoms with Crippen LogP contribution in [0.3, 0.4) is 0 Å². The Kier molecular flexibility index (Phi) is 4.88. The number of carbonyl (C=O) groups is 3. The molecule has 8 heteroatoms. The monoisotopic (exact) mass is 408 g/mol. The minimum atomic E-state index is -2.14. The SMILES string of the molecule is CC1(c2ccccc2)Cc2cc(OC(C(=O)O)C(=O)O)c(Cl)c(Cl)c2C1=O. The van der Waals surface area contributed by atoms with E-state index in [0.29, 0.717) is 12.0 Å². The second kappa shape index (κ2) is 6.87. The zero-order chi connectivity index (χ0) is 19.9. The number of aliphatic carboxylic acids is 2. The number of ether oxygens (including phenoxy) is 1. The molecule has 0 radical (unpaired) electrons. The van der Waals surface area contributed by atoms with Crippen LogP contribution in [0.2, 0.25) is 10.0 Å². The molecule has 2 aromatic carbocycles. The second-order valence-corrected chi connectivity index (χ2v) is 7.17. The number of hydrogen-bond donors (Lipinski definition) is 2. The van der Waals surface area contributed by atoms with Crippen molar-refractivity contribution < 1.29 is 29.3 Å². The third-order valence-corrected chi connectivity index (χ3v) is 5.48. The van der Waals surface area contributed by atoms with Gasteiger partial charge >= 0.3 is 11.9 Å². The molecule has 1 aliphatic carbocycles. The number of rotatable bonds is 5. The van der Waals surface area contributed by atoms with E-state index in [1.165, 1.54) is 6.07 Å². The Morgan fingerprint density at radius 1 is 1.11 bits per heavy atom. The number of benzene rings is 2. The Labute approximate surface area is 164 Å². The third kappa shape index (κ3) is 3.15. The molecule has 2 aromatic rings. The van der Waals surface area contributed by atoms with Gasteiger partial charge < -0.3 is 14.9 Å². The summed E-state index contributed by atoms with van der Waals surface area (Å²) in [5.74, 6) is -3.77. The van der Waals surface area contributed by atoms with Crippen molar-refractivity contribution in [2.45, 2.75) is 24.9 Å². The van der Waals surface area contributed by atoms with Gasteiger partial charge in [-0.1, -0.05) is 53.5 Å². The highest BCUT2D eigenvalue weighted by Crippen LogP contribution is 2.47. The maximum absolute atomic E-state index is 13.1. The van der Waals surface area contributed by atoms with E-state index < -0.39 is 23.5 Å². The van der Waals surface area contributed by atoms with Gasteiger partial charge in [-0.2, -0.15) is 0 Å². The van der Waals surface area contributed by atoms with Crippen LogP contribution in [0, 0.1) is 0 Å². The van der Waals surface area contributed by atoms with Gasteiger partial charge in [0.05, 0.1) is 10.4 Å². The van der Waals surface area contributed by atoms with E-state index in [1.807, 2.05) is 30.3 Å². The number of halogens is 2. The van der Waals surface area contributed by atoms with Crippen LogP contribution in [-0.4, -0.2) is 34.0 Å². The topological polar surface area (TPSA) is 101 Å². The predicted octanol–water partition coefficient (Wildman–Crippen LogP) is 3.61. The fourth-order valence-corrected chi connectivity index (χ4v) is 3.73. The summed E-state index contributed by atoms with van der Waals surface area (Å²) in [7, 11) is 0. The predicted molar refractivity (Wildman–Crippen MR) is 98.0 cm³/mol. The highest BCUT2D eigenvalue weighted by atomic mass is 35.5. The third-order valence-electron chi connectivity index (χ3n) is 4.63. The first-order valence-corrected chi connectivity index (χ1v) is 8.66. The number of fused-ring (bicyclic) bond motifs is 1. The summed E-state index contributed by atoms with van der Waals surface area (Å²) in [4.78, 5) is 35.2. The quantitative estimate of drug-likeness (QED) is 0.732. The van der Waals surface area contributed by atoms with Gasteiger partial charge in [-0.3, -0.25) is 4.79 Å². The molecule has 0 fully saturated rings. The molecule has 2 N–H and O–H groups in total. The van der Waals surface area contributed by atoms with Crippen molar-refractivity contribution >= 4 is 40.9 Å². The van der Waals surface area contributed by atoms with Crippen LogP contribution in [0.5, 0.6) is 5.75 Å². The van der Waals surface area contributed by atoms with Gasteiger partial charge in [0.25, 0.3) is 6.10 Å². The number of hydrogen-bond acceptors (Lipinski definition) is 4. The number of carbonyl (C=O) groups excluding carboxylic acids is 1. The number of carboxylic acid groups (broad SMARTS) is 2. The van der Waals surface area contributed by atoms with Crippen molar-refractivity contribution in [2.75, 3.05) is 0 Å². The van der Waals surface area contributed by atoms with Crippen molar-refractivity contribution in [2.24, 2.45) is 0 Å². The maximum atomic E-state index is 13.1. The molecule has 6 nitrogen and oxygen atoms in total. The Morgan fingerprint density at radius 3 is 2.26 bits per heavy atom. The van der Waals surface area contributed by atoms with E-state index in [4.69, 9.17) is 38.2 Å². The molecule has 0 saturated heterocycles. The zero-order valence-corrected chi connectivity index (χ0v) is 15.5. The zero-order valence-electron chi connectivity index (χ0n) is 14.0. The molecule has 0 heterocycles. The molecule has 0 bridgehead atoms. The summed E-state index contributed by atoms with van der Waals surface area (Å²) < 4.78 is 5.06. The molecule has 0 saturated carbocycles. The minimum Gasteiger partial charge on any atom is -0.478 e. The summed E-state index contributed by atoms with van der Waals surface area (Å²) in [5.41, 5.74) is 0.691. The Balaban J connectivity index is 2.07. The smallest absolute Gasteiger partial charge is 0.356 e. The van der Waals surface area contributed by atoms with Crippen molar-refractivity contribution in [3.8, 4) is 5.75 Å². The van der Waals surface area contributed by atoms with Gasteiger partial charge in [-0.05, 0) is 30.5 Å². The van der Waals surface area contributed by atoms with Gasteiger partial charge in [0.15, 0.2) is 5.78 Å². The lowest BCUT2D eigenvalue weighted by Crippen LogP contribution is -2.35. The molecule has 3 rings (SSSR count). The Morgan fingerprint density at radius 2 is 1.70 bits per heavy atom. The van der Waals surface area contributed by atoms with Crippen molar-refractivity contribution in [1.82, 2.24) is 0 Å². The van der Waals surface area contributed by atoms with Crippen LogP contribution < -0.4 is 4.74 Å². The van der Waals surface area contributed by atoms with Crippen LogP contribution in [0.15, 0.2) is 36.4 Å². The van der Waals surface area contributed by atoms with Crippen LogP contribution in [0.4, 0.5) is 0 Å². The fourth-order valence-electron chi connectivity index (χ4n) is 3.23. The molecular formula is C19H14Cl2O6. The fraction of sp³-hybridized carbons (Fsp3) is 0.211. The first-order chi connectivity index (χ1) is 12.7. The molecule has 1 atom stereocenters. The molecule has 0 amide bonds. The van der Waals surface area contributed by atoms with Crippen LogP contribution in [0.25, 0.3) is 0 Å². The molecule has 27 heavy (non-hydrogen) atoms. The number of Topliss-reactive ketones (excluding diaryl/α,β-unsaturated/α-hetero) is 1. The van der Waals surface area contributed by atoms with Crippen LogP contribution in [0.1, 0.15) is 28.4 Å². The summed E-state index contributed by atoms with van der Waals surface area (Å²) in [5, 5.41) is 17.7. The minimum absolute atomic E-state index is 0.0802. The lowest BCUT2D eigenvalue weighted by Gasteiger charge is -2.22. The maximum Gasteiger partial charge on any atom is 0.356 e. The largest absolute Gasteiger partial charge is 0.478 e. The normalized spacial score (nSPS) is 18.4. The Hall–Kier alpha value is -2.57. The van der Waals surface area contributed by atoms with E-state index in [2.05, 4.69) is 0 Å².